The monoisotopic (exact) mass is 509 g/mol. The van der Waals surface area contributed by atoms with Crippen molar-refractivity contribution in [2.24, 2.45) is 7.05 Å². The molecule has 0 radical (unpaired) electrons. The van der Waals surface area contributed by atoms with Crippen molar-refractivity contribution < 1.29 is 18.3 Å². The number of ether oxygens (including phenoxy) is 2. The second-order valence-corrected chi connectivity index (χ2v) is 9.21. The summed E-state index contributed by atoms with van der Waals surface area (Å²) in [5, 5.41) is 0.530. The molecule has 0 amide bonds. The highest BCUT2D eigenvalue weighted by atomic mass is 19.3. The molecule has 8 nitrogen and oxygen atoms in total. The predicted molar refractivity (Wildman–Crippen MR) is 137 cm³/mol. The quantitative estimate of drug-likeness (QED) is 0.345. The van der Waals surface area contributed by atoms with Gasteiger partial charge < -0.3 is 14.4 Å². The van der Waals surface area contributed by atoms with E-state index in [9.17, 15) is 13.6 Å². The normalized spacial score (nSPS) is 16.6. The molecule has 0 aliphatic carbocycles. The maximum Gasteiger partial charge on any atom is 0.387 e. The van der Waals surface area contributed by atoms with Gasteiger partial charge >= 0.3 is 6.61 Å². The molecule has 2 atom stereocenters. The fourth-order valence-corrected chi connectivity index (χ4v) is 5.23. The van der Waals surface area contributed by atoms with Crippen LogP contribution in [0.15, 0.2) is 59.7 Å². The van der Waals surface area contributed by atoms with E-state index in [1.54, 1.807) is 55.5 Å². The van der Waals surface area contributed by atoms with E-state index in [-0.39, 0.29) is 17.4 Å². The van der Waals surface area contributed by atoms with E-state index in [0.717, 1.165) is 30.5 Å². The average molecular weight is 510 g/mol. The number of benzene rings is 2. The number of anilines is 1. The average Bonchev–Trinajstić information content (AvgIpc) is 3.46. The molecule has 2 aromatic heterocycles. The SMILES string of the molecule is COC[C@H]1CCCN1c1ncc(-c2ccc3c(=O)n(C)n(C(C)c4ccccc4OC(F)F)c3c2)cn1. The van der Waals surface area contributed by atoms with Gasteiger partial charge in [0, 0.05) is 44.2 Å². The van der Waals surface area contributed by atoms with E-state index >= 15 is 0 Å². The smallest absolute Gasteiger partial charge is 0.387 e. The van der Waals surface area contributed by atoms with Crippen molar-refractivity contribution in [1.29, 1.82) is 0 Å². The van der Waals surface area contributed by atoms with Gasteiger partial charge in [-0.3, -0.25) is 14.2 Å². The molecule has 5 rings (SSSR count). The molecule has 0 saturated carbocycles. The molecule has 194 valence electrons. The maximum absolute atomic E-state index is 13.0. The number of halogens is 2. The molecule has 37 heavy (non-hydrogen) atoms. The minimum Gasteiger partial charge on any atom is -0.434 e. The van der Waals surface area contributed by atoms with E-state index in [1.165, 1.54) is 10.7 Å². The number of nitrogens with zero attached hydrogens (tertiary/aromatic N) is 5. The van der Waals surface area contributed by atoms with E-state index in [2.05, 4.69) is 14.9 Å². The van der Waals surface area contributed by atoms with Gasteiger partial charge in [-0.15, -0.1) is 0 Å². The number of hydrogen-bond acceptors (Lipinski definition) is 6. The summed E-state index contributed by atoms with van der Waals surface area (Å²) in [7, 11) is 3.37. The molecule has 1 aliphatic rings. The first-order chi connectivity index (χ1) is 17.9. The Morgan fingerprint density at radius 1 is 1.11 bits per heavy atom. The van der Waals surface area contributed by atoms with Gasteiger partial charge in [-0.1, -0.05) is 24.3 Å². The van der Waals surface area contributed by atoms with Crippen molar-refractivity contribution in [3.63, 3.8) is 0 Å². The van der Waals surface area contributed by atoms with Crippen LogP contribution in [0.1, 0.15) is 31.4 Å². The Morgan fingerprint density at radius 2 is 1.86 bits per heavy atom. The van der Waals surface area contributed by atoms with Gasteiger partial charge in [0.2, 0.25) is 5.95 Å². The predicted octanol–water partition coefficient (Wildman–Crippen LogP) is 4.62. The lowest BCUT2D eigenvalue weighted by Crippen LogP contribution is -2.34. The summed E-state index contributed by atoms with van der Waals surface area (Å²) >= 11 is 0. The molecule has 0 N–H and O–H groups in total. The number of rotatable bonds is 8. The molecule has 4 aromatic rings. The lowest BCUT2D eigenvalue weighted by atomic mass is 10.1. The molecule has 2 aromatic carbocycles. The number of methoxy groups -OCH3 is 1. The Labute approximate surface area is 213 Å². The van der Waals surface area contributed by atoms with Crippen LogP contribution in [0.5, 0.6) is 5.75 Å². The summed E-state index contributed by atoms with van der Waals surface area (Å²) in [6, 6.07) is 12.0. The number of alkyl halides is 2. The second kappa shape index (κ2) is 10.3. The van der Waals surface area contributed by atoms with Crippen molar-refractivity contribution >= 4 is 16.9 Å². The lowest BCUT2D eigenvalue weighted by Gasteiger charge is -2.23. The Kier molecular flexibility index (Phi) is 6.92. The Morgan fingerprint density at radius 3 is 2.59 bits per heavy atom. The van der Waals surface area contributed by atoms with Gasteiger partial charge in [-0.2, -0.15) is 8.78 Å². The highest BCUT2D eigenvalue weighted by Gasteiger charge is 2.26. The summed E-state index contributed by atoms with van der Waals surface area (Å²) < 4.78 is 39.4. The van der Waals surface area contributed by atoms with Gasteiger partial charge in [-0.05, 0) is 43.5 Å². The number of hydrogen-bond donors (Lipinski definition) is 0. The summed E-state index contributed by atoms with van der Waals surface area (Å²) in [4.78, 5) is 24.4. The minimum absolute atomic E-state index is 0.0770. The molecular formula is C27H29F2N5O3. The van der Waals surface area contributed by atoms with Gasteiger partial charge in [0.05, 0.1) is 29.6 Å². The highest BCUT2D eigenvalue weighted by Crippen LogP contribution is 2.32. The van der Waals surface area contributed by atoms with Gasteiger partial charge in [0.15, 0.2) is 0 Å². The van der Waals surface area contributed by atoms with Crippen molar-refractivity contribution in [2.75, 3.05) is 25.2 Å². The largest absolute Gasteiger partial charge is 0.434 e. The number of para-hydroxylation sites is 1. The number of aromatic nitrogens is 4. The van der Waals surface area contributed by atoms with Gasteiger partial charge in [0.1, 0.15) is 5.75 Å². The van der Waals surface area contributed by atoms with Crippen LogP contribution in [-0.4, -0.2) is 52.2 Å². The van der Waals surface area contributed by atoms with E-state index in [0.29, 0.717) is 29.0 Å². The van der Waals surface area contributed by atoms with Crippen molar-refractivity contribution in [2.45, 2.75) is 38.5 Å². The first kappa shape index (κ1) is 24.9. The summed E-state index contributed by atoms with van der Waals surface area (Å²) in [6.07, 6.45) is 5.69. The Hall–Kier alpha value is -3.79. The zero-order valence-corrected chi connectivity index (χ0v) is 21.0. The fourth-order valence-electron chi connectivity index (χ4n) is 5.23. The highest BCUT2D eigenvalue weighted by molar-refractivity contribution is 5.84. The first-order valence-corrected chi connectivity index (χ1v) is 12.2. The molecule has 1 fully saturated rings. The zero-order valence-electron chi connectivity index (χ0n) is 21.0. The van der Waals surface area contributed by atoms with Crippen LogP contribution in [0.25, 0.3) is 22.0 Å². The Bertz CT molecular complexity index is 1450. The van der Waals surface area contributed by atoms with E-state index in [4.69, 9.17) is 9.47 Å². The molecule has 3 heterocycles. The number of fused-ring (bicyclic) bond motifs is 1. The van der Waals surface area contributed by atoms with Crippen LogP contribution in [-0.2, 0) is 11.8 Å². The topological polar surface area (TPSA) is 74.4 Å². The second-order valence-electron chi connectivity index (χ2n) is 9.21. The molecule has 0 spiro atoms. The lowest BCUT2D eigenvalue weighted by molar-refractivity contribution is -0.0507. The van der Waals surface area contributed by atoms with E-state index < -0.39 is 12.7 Å². The van der Waals surface area contributed by atoms with Crippen LogP contribution >= 0.6 is 0 Å². The van der Waals surface area contributed by atoms with Crippen LogP contribution in [0, 0.1) is 0 Å². The molecular weight excluding hydrogens is 480 g/mol. The third-order valence-electron chi connectivity index (χ3n) is 7.01. The molecule has 1 saturated heterocycles. The van der Waals surface area contributed by atoms with Crippen molar-refractivity contribution in [3.05, 3.63) is 70.8 Å². The first-order valence-electron chi connectivity index (χ1n) is 12.2. The van der Waals surface area contributed by atoms with Crippen LogP contribution < -0.4 is 15.2 Å². The van der Waals surface area contributed by atoms with Crippen molar-refractivity contribution in [1.82, 2.24) is 19.3 Å². The third-order valence-corrected chi connectivity index (χ3v) is 7.01. The van der Waals surface area contributed by atoms with Crippen LogP contribution in [0.2, 0.25) is 0 Å². The maximum atomic E-state index is 13.0. The molecule has 0 bridgehead atoms. The fraction of sp³-hybridized carbons (Fsp3) is 0.370. The molecule has 10 heteroatoms. The Balaban J connectivity index is 1.52. The standard InChI is InChI=1S/C27H29F2N5O3/c1-17(21-8-4-5-9-24(21)37-26(28)29)34-23-13-18(10-11-22(23)25(35)32(34)2)19-14-30-27(31-15-19)33-12-6-7-20(33)16-36-3/h4-5,8-11,13-15,17,20,26H,6-7,12,16H2,1-3H3/t17?,20-/m1/s1. The minimum atomic E-state index is -2.95. The molecule has 1 unspecified atom stereocenters. The zero-order chi connectivity index (χ0) is 26.1. The van der Waals surface area contributed by atoms with Gasteiger partial charge in [0.25, 0.3) is 5.56 Å². The van der Waals surface area contributed by atoms with Crippen LogP contribution in [0.3, 0.4) is 0 Å². The summed E-state index contributed by atoms with van der Waals surface area (Å²) in [6.45, 7) is 0.434. The summed E-state index contributed by atoms with van der Waals surface area (Å²) in [5.74, 6) is 0.749. The van der Waals surface area contributed by atoms with E-state index in [1.807, 2.05) is 19.1 Å². The summed E-state index contributed by atoms with van der Waals surface area (Å²) in [5.41, 5.74) is 2.70. The van der Waals surface area contributed by atoms with Crippen molar-refractivity contribution in [3.8, 4) is 16.9 Å². The van der Waals surface area contributed by atoms with Crippen LogP contribution in [0.4, 0.5) is 14.7 Å². The third kappa shape index (κ3) is 4.69. The molecule has 1 aliphatic heterocycles. The van der Waals surface area contributed by atoms with Gasteiger partial charge in [-0.25, -0.2) is 9.97 Å².